The van der Waals surface area contributed by atoms with Crippen LogP contribution in [0.5, 0.6) is 5.75 Å². The Morgan fingerprint density at radius 1 is 1.07 bits per heavy atom. The van der Waals surface area contributed by atoms with Crippen LogP contribution in [-0.2, 0) is 14.8 Å². The van der Waals surface area contributed by atoms with Crippen LogP contribution in [0.3, 0.4) is 0 Å². The van der Waals surface area contributed by atoms with Crippen LogP contribution >= 0.6 is 0 Å². The average molecular weight is 399 g/mol. The van der Waals surface area contributed by atoms with Gasteiger partial charge in [0.25, 0.3) is 0 Å². The first-order chi connectivity index (χ1) is 13.0. The van der Waals surface area contributed by atoms with E-state index in [9.17, 15) is 13.2 Å². The van der Waals surface area contributed by atoms with Crippen molar-refractivity contribution in [2.75, 3.05) is 18.5 Å². The summed E-state index contributed by atoms with van der Waals surface area (Å²) < 4.78 is 38.9. The normalized spacial score (nSPS) is 16.2. The van der Waals surface area contributed by atoms with Crippen LogP contribution in [0.1, 0.15) is 58.8 Å². The zero-order chi connectivity index (χ0) is 19.7. The number of hydrogen-bond donors (Lipinski definition) is 2. The number of ether oxygens (including phenoxy) is 2. The van der Waals surface area contributed by atoms with Gasteiger partial charge in [-0.1, -0.05) is 32.1 Å². The summed E-state index contributed by atoms with van der Waals surface area (Å²) in [5, 5.41) is 2.55. The van der Waals surface area contributed by atoms with Gasteiger partial charge in [0, 0.05) is 6.04 Å². The second-order valence-electron chi connectivity index (χ2n) is 6.60. The molecule has 27 heavy (non-hydrogen) atoms. The van der Waals surface area contributed by atoms with E-state index >= 15 is 0 Å². The van der Waals surface area contributed by atoms with Gasteiger partial charge < -0.3 is 9.47 Å². The van der Waals surface area contributed by atoms with Crippen LogP contribution in [0.2, 0.25) is 0 Å². The van der Waals surface area contributed by atoms with Gasteiger partial charge in [-0.05, 0) is 44.9 Å². The van der Waals surface area contributed by atoms with Gasteiger partial charge >= 0.3 is 6.09 Å². The highest BCUT2D eigenvalue weighted by atomic mass is 32.2. The topological polar surface area (TPSA) is 93.7 Å². The van der Waals surface area contributed by atoms with Crippen molar-refractivity contribution in [1.29, 1.82) is 0 Å². The number of hydrogen-bond acceptors (Lipinski definition) is 5. The van der Waals surface area contributed by atoms with E-state index in [4.69, 9.17) is 9.47 Å². The highest BCUT2D eigenvalue weighted by Gasteiger charge is 2.22. The maximum Gasteiger partial charge on any atom is 0.411 e. The SMILES string of the molecule is CCOC(=O)Nc1cc(S(=O)(=O)NC2CCCCCCC2)ccc1OCC. The summed E-state index contributed by atoms with van der Waals surface area (Å²) in [6.07, 6.45) is 6.64. The molecule has 2 rings (SSSR count). The predicted octanol–water partition coefficient (Wildman–Crippen LogP) is 4.04. The fraction of sp³-hybridized carbons (Fsp3) is 0.632. The summed E-state index contributed by atoms with van der Waals surface area (Å²) >= 11 is 0. The first kappa shape index (κ1) is 21.5. The lowest BCUT2D eigenvalue weighted by atomic mass is 9.97. The number of benzene rings is 1. The van der Waals surface area contributed by atoms with E-state index in [-0.39, 0.29) is 23.2 Å². The van der Waals surface area contributed by atoms with Crippen LogP contribution in [0, 0.1) is 0 Å². The quantitative estimate of drug-likeness (QED) is 0.723. The molecule has 0 atom stereocenters. The maximum absolute atomic E-state index is 12.8. The lowest BCUT2D eigenvalue weighted by Gasteiger charge is -2.21. The number of rotatable bonds is 7. The van der Waals surface area contributed by atoms with Crippen molar-refractivity contribution in [2.45, 2.75) is 69.7 Å². The summed E-state index contributed by atoms with van der Waals surface area (Å²) in [7, 11) is -3.69. The van der Waals surface area contributed by atoms with Crippen molar-refractivity contribution in [3.63, 3.8) is 0 Å². The third-order valence-electron chi connectivity index (χ3n) is 4.50. The number of sulfonamides is 1. The second-order valence-corrected chi connectivity index (χ2v) is 8.31. The molecule has 0 aliphatic heterocycles. The average Bonchev–Trinajstić information content (AvgIpc) is 2.59. The molecule has 1 aromatic rings. The van der Waals surface area contributed by atoms with Crippen molar-refractivity contribution < 1.29 is 22.7 Å². The van der Waals surface area contributed by atoms with Crippen molar-refractivity contribution >= 4 is 21.8 Å². The molecule has 1 fully saturated rings. The summed E-state index contributed by atoms with van der Waals surface area (Å²) in [5.74, 6) is 0.399. The molecule has 8 heteroatoms. The standard InChI is InChI=1S/C19H30N2O5S/c1-3-25-18-13-12-16(14-17(18)20-19(22)26-4-2)27(23,24)21-15-10-8-6-5-7-9-11-15/h12-15,21H,3-11H2,1-2H3,(H,20,22). The smallest absolute Gasteiger partial charge is 0.411 e. The fourth-order valence-corrected chi connectivity index (χ4v) is 4.52. The van der Waals surface area contributed by atoms with E-state index in [1.54, 1.807) is 13.0 Å². The Kier molecular flexibility index (Phi) is 8.37. The van der Waals surface area contributed by atoms with Crippen molar-refractivity contribution in [2.24, 2.45) is 0 Å². The molecule has 0 saturated heterocycles. The minimum atomic E-state index is -3.69. The lowest BCUT2D eigenvalue weighted by Crippen LogP contribution is -2.35. The van der Waals surface area contributed by atoms with Gasteiger partial charge in [0.05, 0.1) is 23.8 Å². The molecule has 0 aromatic heterocycles. The van der Waals surface area contributed by atoms with E-state index in [1.165, 1.54) is 18.6 Å². The van der Waals surface area contributed by atoms with E-state index < -0.39 is 16.1 Å². The third-order valence-corrected chi connectivity index (χ3v) is 6.02. The number of carbonyl (C=O) groups is 1. The zero-order valence-electron chi connectivity index (χ0n) is 16.1. The Labute approximate surface area is 161 Å². The van der Waals surface area contributed by atoms with Gasteiger partial charge in [0.1, 0.15) is 5.75 Å². The summed E-state index contributed by atoms with van der Waals surface area (Å²) in [5.41, 5.74) is 0.274. The zero-order valence-corrected chi connectivity index (χ0v) is 16.9. The van der Waals surface area contributed by atoms with Crippen LogP contribution in [0.4, 0.5) is 10.5 Å². The number of carbonyl (C=O) groups excluding carboxylic acids is 1. The number of amides is 1. The molecule has 1 saturated carbocycles. The van der Waals surface area contributed by atoms with Crippen LogP contribution < -0.4 is 14.8 Å². The molecule has 152 valence electrons. The van der Waals surface area contributed by atoms with E-state index in [0.717, 1.165) is 38.5 Å². The Balaban J connectivity index is 2.20. The molecule has 0 unspecified atom stereocenters. The molecule has 7 nitrogen and oxygen atoms in total. The van der Waals surface area contributed by atoms with Gasteiger partial charge in [0.15, 0.2) is 0 Å². The summed E-state index contributed by atoms with van der Waals surface area (Å²) in [4.78, 5) is 11.9. The molecule has 0 spiro atoms. The first-order valence-corrected chi connectivity index (χ1v) is 11.2. The van der Waals surface area contributed by atoms with Crippen LogP contribution in [0.15, 0.2) is 23.1 Å². The molecule has 0 heterocycles. The van der Waals surface area contributed by atoms with Crippen LogP contribution in [0.25, 0.3) is 0 Å². The molecule has 1 amide bonds. The molecule has 1 aromatic carbocycles. The third kappa shape index (κ3) is 6.70. The van der Waals surface area contributed by atoms with Crippen molar-refractivity contribution in [3.8, 4) is 5.75 Å². The van der Waals surface area contributed by atoms with E-state index in [2.05, 4.69) is 10.0 Å². The minimum Gasteiger partial charge on any atom is -0.492 e. The van der Waals surface area contributed by atoms with Gasteiger partial charge in [-0.3, -0.25) is 5.32 Å². The molecule has 0 bridgehead atoms. The lowest BCUT2D eigenvalue weighted by molar-refractivity contribution is 0.167. The Morgan fingerprint density at radius 2 is 1.74 bits per heavy atom. The molecule has 1 aliphatic carbocycles. The first-order valence-electron chi connectivity index (χ1n) is 9.69. The molecule has 0 radical (unpaired) electrons. The van der Waals surface area contributed by atoms with E-state index in [0.29, 0.717) is 12.4 Å². The summed E-state index contributed by atoms with van der Waals surface area (Å²) in [6, 6.07) is 4.40. The van der Waals surface area contributed by atoms with Gasteiger partial charge in [-0.2, -0.15) is 0 Å². The number of nitrogens with one attached hydrogen (secondary N) is 2. The monoisotopic (exact) mass is 398 g/mol. The molecular formula is C19H30N2O5S. The maximum atomic E-state index is 12.8. The highest BCUT2D eigenvalue weighted by molar-refractivity contribution is 7.89. The minimum absolute atomic E-state index is 0.0525. The van der Waals surface area contributed by atoms with Crippen LogP contribution in [-0.4, -0.2) is 33.8 Å². The van der Waals surface area contributed by atoms with Crippen molar-refractivity contribution in [3.05, 3.63) is 18.2 Å². The van der Waals surface area contributed by atoms with Crippen molar-refractivity contribution in [1.82, 2.24) is 4.72 Å². The Morgan fingerprint density at radius 3 is 2.37 bits per heavy atom. The summed E-state index contributed by atoms with van der Waals surface area (Å²) in [6.45, 7) is 4.12. The van der Waals surface area contributed by atoms with Gasteiger partial charge in [-0.25, -0.2) is 17.9 Å². The van der Waals surface area contributed by atoms with Gasteiger partial charge in [0.2, 0.25) is 10.0 Å². The molecule has 1 aliphatic rings. The second kappa shape index (κ2) is 10.5. The number of anilines is 1. The molecule has 2 N–H and O–H groups in total. The van der Waals surface area contributed by atoms with E-state index in [1.807, 2.05) is 6.92 Å². The fourth-order valence-electron chi connectivity index (χ4n) is 3.19. The Bertz CT molecular complexity index is 713. The highest BCUT2D eigenvalue weighted by Crippen LogP contribution is 2.29. The Hall–Kier alpha value is -1.80. The predicted molar refractivity (Wildman–Crippen MR) is 105 cm³/mol. The van der Waals surface area contributed by atoms with Gasteiger partial charge in [-0.15, -0.1) is 0 Å². The molecular weight excluding hydrogens is 368 g/mol. The largest absolute Gasteiger partial charge is 0.492 e.